The van der Waals surface area contributed by atoms with Crippen LogP contribution in [0.15, 0.2) is 24.3 Å². The van der Waals surface area contributed by atoms with Crippen molar-refractivity contribution in [3.05, 3.63) is 29.8 Å². The van der Waals surface area contributed by atoms with E-state index in [1.807, 2.05) is 0 Å². The van der Waals surface area contributed by atoms with E-state index >= 15 is 0 Å². The Morgan fingerprint density at radius 3 is 2.42 bits per heavy atom. The molecular weight excluding hydrogens is 308 g/mol. The first kappa shape index (κ1) is 18.1. The van der Waals surface area contributed by atoms with Gasteiger partial charge in [-0.3, -0.25) is 4.79 Å². The fraction of sp³-hybridized carbons (Fsp3) is 0.556. The number of rotatable bonds is 5. The molecule has 24 heavy (non-hydrogen) atoms. The Balaban J connectivity index is 1.88. The number of phenols is 1. The Kier molecular flexibility index (Phi) is 6.90. The van der Waals surface area contributed by atoms with Gasteiger partial charge in [0.05, 0.1) is 5.92 Å². The molecule has 3 N–H and O–H groups in total. The summed E-state index contributed by atoms with van der Waals surface area (Å²) in [5.41, 5.74) is 0.739. The summed E-state index contributed by atoms with van der Waals surface area (Å²) < 4.78 is 0. The number of hydrogen-bond donors (Lipinski definition) is 3. The van der Waals surface area contributed by atoms with Crippen molar-refractivity contribution in [1.82, 2.24) is 10.2 Å². The van der Waals surface area contributed by atoms with Gasteiger partial charge in [-0.05, 0) is 37.0 Å². The minimum atomic E-state index is -0.952. The molecule has 2 rings (SSSR count). The van der Waals surface area contributed by atoms with Gasteiger partial charge in [0.1, 0.15) is 5.75 Å². The van der Waals surface area contributed by atoms with Crippen molar-refractivity contribution in [3.63, 3.8) is 0 Å². The van der Waals surface area contributed by atoms with Crippen LogP contribution in [0.3, 0.4) is 0 Å². The number of hydrogen-bond acceptors (Lipinski definition) is 3. The molecule has 0 bridgehead atoms. The molecule has 1 unspecified atom stereocenters. The second-order valence-electron chi connectivity index (χ2n) is 6.35. The molecule has 1 aromatic rings. The molecule has 0 saturated carbocycles. The van der Waals surface area contributed by atoms with Gasteiger partial charge in [0.2, 0.25) is 0 Å². The maximum Gasteiger partial charge on any atom is 0.317 e. The zero-order chi connectivity index (χ0) is 17.4. The average Bonchev–Trinajstić information content (AvgIpc) is 2.50. The number of carboxylic acid groups (broad SMARTS) is 1. The van der Waals surface area contributed by atoms with Crippen molar-refractivity contribution < 1.29 is 19.8 Å². The minimum absolute atomic E-state index is 0.0837. The molecule has 2 amide bonds. The summed E-state index contributed by atoms with van der Waals surface area (Å²) in [6, 6.07) is 6.37. The highest BCUT2D eigenvalue weighted by atomic mass is 16.4. The predicted molar refractivity (Wildman–Crippen MR) is 91.0 cm³/mol. The van der Waals surface area contributed by atoms with E-state index in [9.17, 15) is 19.8 Å². The van der Waals surface area contributed by atoms with Crippen molar-refractivity contribution in [2.45, 2.75) is 38.5 Å². The van der Waals surface area contributed by atoms with Crippen LogP contribution in [0.5, 0.6) is 5.75 Å². The lowest BCUT2D eigenvalue weighted by atomic mass is 9.99. The molecule has 0 spiro atoms. The van der Waals surface area contributed by atoms with Gasteiger partial charge in [0, 0.05) is 19.6 Å². The zero-order valence-corrected chi connectivity index (χ0v) is 13.9. The van der Waals surface area contributed by atoms with Gasteiger partial charge in [0.25, 0.3) is 0 Å². The predicted octanol–water partition coefficient (Wildman–Crippen LogP) is 2.61. The number of benzene rings is 1. The molecule has 0 radical (unpaired) electrons. The normalized spacial score (nSPS) is 16.8. The number of carbonyl (C=O) groups is 2. The Morgan fingerprint density at radius 2 is 1.79 bits per heavy atom. The van der Waals surface area contributed by atoms with Gasteiger partial charge in [-0.25, -0.2) is 4.79 Å². The van der Waals surface area contributed by atoms with E-state index < -0.39 is 11.9 Å². The molecule has 1 aliphatic rings. The fourth-order valence-corrected chi connectivity index (χ4v) is 2.99. The number of amides is 2. The molecule has 0 aromatic heterocycles. The Bertz CT molecular complexity index is 554. The van der Waals surface area contributed by atoms with Gasteiger partial charge in [-0.15, -0.1) is 0 Å². The highest BCUT2D eigenvalue weighted by molar-refractivity contribution is 5.76. The van der Waals surface area contributed by atoms with Crippen LogP contribution in [0.2, 0.25) is 0 Å². The highest BCUT2D eigenvalue weighted by Gasteiger charge is 2.21. The number of aliphatic carboxylic acids is 1. The van der Waals surface area contributed by atoms with Crippen LogP contribution in [-0.4, -0.2) is 46.7 Å². The number of likely N-dealkylation sites (tertiary alicyclic amines) is 1. The van der Waals surface area contributed by atoms with Crippen LogP contribution in [-0.2, 0) is 11.2 Å². The molecule has 1 aliphatic heterocycles. The summed E-state index contributed by atoms with van der Waals surface area (Å²) in [7, 11) is 0. The number of carbonyl (C=O) groups excluding carboxylic acids is 1. The lowest BCUT2D eigenvalue weighted by Crippen LogP contribution is -2.44. The van der Waals surface area contributed by atoms with Crippen LogP contribution in [0.4, 0.5) is 4.79 Å². The molecule has 6 heteroatoms. The quantitative estimate of drug-likeness (QED) is 0.772. The monoisotopic (exact) mass is 334 g/mol. The summed E-state index contributed by atoms with van der Waals surface area (Å²) in [5.74, 6) is -1.56. The van der Waals surface area contributed by atoms with Gasteiger partial charge in [0.15, 0.2) is 0 Å². The summed E-state index contributed by atoms with van der Waals surface area (Å²) in [6.07, 6.45) is 5.76. The van der Waals surface area contributed by atoms with Crippen LogP contribution in [0, 0.1) is 5.92 Å². The molecule has 1 atom stereocenters. The first-order valence-electron chi connectivity index (χ1n) is 8.60. The lowest BCUT2D eigenvalue weighted by molar-refractivity contribution is -0.141. The van der Waals surface area contributed by atoms with E-state index in [1.54, 1.807) is 29.2 Å². The number of aromatic hydroxyl groups is 1. The third kappa shape index (κ3) is 5.76. The van der Waals surface area contributed by atoms with Gasteiger partial charge < -0.3 is 20.4 Å². The standard InChI is InChI=1S/C18H26N2O4/c21-16-8-6-7-14(12-16)11-15(17(22)23)13-19-18(24)20-9-4-2-1-3-5-10-20/h6-8,12,15,21H,1-5,9-11,13H2,(H,19,24)(H,22,23). The average molecular weight is 334 g/mol. The smallest absolute Gasteiger partial charge is 0.317 e. The maximum absolute atomic E-state index is 12.3. The SMILES string of the molecule is O=C(O)C(CNC(=O)N1CCCCCCC1)Cc1cccc(O)c1. The fourth-order valence-electron chi connectivity index (χ4n) is 2.99. The van der Waals surface area contributed by atoms with Crippen molar-refractivity contribution in [2.75, 3.05) is 19.6 Å². The number of phenolic OH excluding ortho intramolecular Hbond substituents is 1. The second kappa shape index (κ2) is 9.15. The number of urea groups is 1. The van der Waals surface area contributed by atoms with Crippen molar-refractivity contribution in [3.8, 4) is 5.75 Å². The van der Waals surface area contributed by atoms with E-state index in [2.05, 4.69) is 5.32 Å². The van der Waals surface area contributed by atoms with Gasteiger partial charge >= 0.3 is 12.0 Å². The molecule has 1 saturated heterocycles. The molecule has 1 heterocycles. The number of nitrogens with one attached hydrogen (secondary N) is 1. The number of nitrogens with zero attached hydrogens (tertiary/aromatic N) is 1. The third-order valence-electron chi connectivity index (χ3n) is 4.38. The van der Waals surface area contributed by atoms with Crippen molar-refractivity contribution in [1.29, 1.82) is 0 Å². The summed E-state index contributed by atoms with van der Waals surface area (Å²) in [6.45, 7) is 1.55. The molecule has 1 fully saturated rings. The third-order valence-corrected chi connectivity index (χ3v) is 4.38. The lowest BCUT2D eigenvalue weighted by Gasteiger charge is -2.25. The van der Waals surface area contributed by atoms with Gasteiger partial charge in [-0.2, -0.15) is 0 Å². The van der Waals surface area contributed by atoms with E-state index in [0.29, 0.717) is 0 Å². The van der Waals surface area contributed by atoms with Crippen LogP contribution < -0.4 is 5.32 Å². The summed E-state index contributed by atoms with van der Waals surface area (Å²) in [4.78, 5) is 25.5. The first-order chi connectivity index (χ1) is 11.6. The molecular formula is C18H26N2O4. The maximum atomic E-state index is 12.3. The van der Waals surface area contributed by atoms with Gasteiger partial charge in [-0.1, -0.05) is 31.4 Å². The van der Waals surface area contributed by atoms with Crippen LogP contribution >= 0.6 is 0 Å². The largest absolute Gasteiger partial charge is 0.508 e. The summed E-state index contributed by atoms with van der Waals surface area (Å²) >= 11 is 0. The van der Waals surface area contributed by atoms with Crippen molar-refractivity contribution >= 4 is 12.0 Å². The molecule has 1 aromatic carbocycles. The molecule has 132 valence electrons. The zero-order valence-electron chi connectivity index (χ0n) is 13.9. The van der Waals surface area contributed by atoms with E-state index in [4.69, 9.17) is 0 Å². The topological polar surface area (TPSA) is 89.9 Å². The molecule has 0 aliphatic carbocycles. The second-order valence-corrected chi connectivity index (χ2v) is 6.35. The number of carboxylic acids is 1. The van der Waals surface area contributed by atoms with E-state index in [-0.39, 0.29) is 24.7 Å². The molecule has 6 nitrogen and oxygen atoms in total. The Labute approximate surface area is 142 Å². The van der Waals surface area contributed by atoms with E-state index in [1.165, 1.54) is 6.42 Å². The minimum Gasteiger partial charge on any atom is -0.508 e. The Morgan fingerprint density at radius 1 is 1.12 bits per heavy atom. The van der Waals surface area contributed by atoms with Crippen LogP contribution in [0.1, 0.15) is 37.7 Å². The van der Waals surface area contributed by atoms with Crippen molar-refractivity contribution in [2.24, 2.45) is 5.92 Å². The summed E-state index contributed by atoms with van der Waals surface area (Å²) in [5, 5.41) is 21.6. The van der Waals surface area contributed by atoms with Crippen LogP contribution in [0.25, 0.3) is 0 Å². The Hall–Kier alpha value is -2.24. The first-order valence-corrected chi connectivity index (χ1v) is 8.60. The van der Waals surface area contributed by atoms with E-state index in [0.717, 1.165) is 44.3 Å². The highest BCUT2D eigenvalue weighted by Crippen LogP contribution is 2.15.